The van der Waals surface area contributed by atoms with Gasteiger partial charge in [-0.15, -0.1) is 0 Å². The number of aromatic nitrogens is 1. The fourth-order valence-corrected chi connectivity index (χ4v) is 2.95. The highest BCUT2D eigenvalue weighted by Crippen LogP contribution is 2.26. The van der Waals surface area contributed by atoms with Crippen LogP contribution in [-0.2, 0) is 11.3 Å². The number of pyridine rings is 1. The lowest BCUT2D eigenvalue weighted by Gasteiger charge is -2.22. The molecule has 3 rings (SSSR count). The molecule has 0 saturated heterocycles. The van der Waals surface area contributed by atoms with Crippen LogP contribution in [0.5, 0.6) is 5.75 Å². The molecule has 0 aliphatic heterocycles. The summed E-state index contributed by atoms with van der Waals surface area (Å²) in [5, 5.41) is 0.680. The molecular formula is C22H20ClFN2O2. The minimum absolute atomic E-state index is 0.174. The third-order valence-corrected chi connectivity index (χ3v) is 4.83. The van der Waals surface area contributed by atoms with Gasteiger partial charge in [0.05, 0.1) is 6.54 Å². The van der Waals surface area contributed by atoms with Crippen LogP contribution < -0.4 is 9.64 Å². The zero-order chi connectivity index (χ0) is 20.1. The minimum atomic E-state index is -0.353. The fraction of sp³-hybridized carbons (Fsp3) is 0.182. The lowest BCUT2D eigenvalue weighted by molar-refractivity contribution is -0.120. The SMILES string of the molecule is Cc1cc(OCC(=O)N(Cc2cccc(F)c2)c2ccccn2)cc(C)c1Cl. The largest absolute Gasteiger partial charge is 0.484 e. The Hall–Kier alpha value is -2.92. The fourth-order valence-electron chi connectivity index (χ4n) is 2.84. The van der Waals surface area contributed by atoms with E-state index in [9.17, 15) is 9.18 Å². The Labute approximate surface area is 168 Å². The van der Waals surface area contributed by atoms with Crippen LogP contribution in [0, 0.1) is 19.7 Å². The first-order valence-corrected chi connectivity index (χ1v) is 9.17. The molecule has 0 N–H and O–H groups in total. The zero-order valence-corrected chi connectivity index (χ0v) is 16.4. The normalized spacial score (nSPS) is 10.6. The van der Waals surface area contributed by atoms with E-state index < -0.39 is 0 Å². The molecule has 1 aromatic heterocycles. The van der Waals surface area contributed by atoms with Crippen LogP contribution in [0.1, 0.15) is 16.7 Å². The molecule has 1 amide bonds. The molecule has 0 spiro atoms. The predicted octanol–water partition coefficient (Wildman–Crippen LogP) is 5.10. The first kappa shape index (κ1) is 19.8. The highest BCUT2D eigenvalue weighted by molar-refractivity contribution is 6.32. The average molecular weight is 399 g/mol. The molecule has 0 radical (unpaired) electrons. The molecule has 2 aromatic carbocycles. The van der Waals surface area contributed by atoms with E-state index in [0.717, 1.165) is 11.1 Å². The third-order valence-electron chi connectivity index (χ3n) is 4.23. The Kier molecular flexibility index (Phi) is 6.26. The number of aryl methyl sites for hydroxylation is 2. The molecule has 3 aromatic rings. The maximum absolute atomic E-state index is 13.5. The second kappa shape index (κ2) is 8.85. The number of benzene rings is 2. The van der Waals surface area contributed by atoms with E-state index in [1.807, 2.05) is 13.8 Å². The summed E-state index contributed by atoms with van der Waals surface area (Å²) in [6.07, 6.45) is 1.61. The molecule has 0 saturated carbocycles. The Bertz CT molecular complexity index is 956. The number of ether oxygens (including phenoxy) is 1. The van der Waals surface area contributed by atoms with Crippen molar-refractivity contribution in [3.8, 4) is 5.75 Å². The van der Waals surface area contributed by atoms with Gasteiger partial charge in [0.15, 0.2) is 6.61 Å². The van der Waals surface area contributed by atoms with Gasteiger partial charge in [0.2, 0.25) is 0 Å². The topological polar surface area (TPSA) is 42.4 Å². The number of hydrogen-bond acceptors (Lipinski definition) is 3. The monoisotopic (exact) mass is 398 g/mol. The summed E-state index contributed by atoms with van der Waals surface area (Å²) in [6.45, 7) is 3.78. The second-order valence-electron chi connectivity index (χ2n) is 6.46. The van der Waals surface area contributed by atoms with Crippen LogP contribution in [0.2, 0.25) is 5.02 Å². The van der Waals surface area contributed by atoms with Crippen LogP contribution in [-0.4, -0.2) is 17.5 Å². The van der Waals surface area contributed by atoms with E-state index in [-0.39, 0.29) is 24.9 Å². The van der Waals surface area contributed by atoms with Gasteiger partial charge in [-0.1, -0.05) is 29.8 Å². The summed E-state index contributed by atoms with van der Waals surface area (Å²) in [7, 11) is 0. The van der Waals surface area contributed by atoms with Gasteiger partial charge in [-0.3, -0.25) is 9.69 Å². The molecule has 4 nitrogen and oxygen atoms in total. The van der Waals surface area contributed by atoms with Crippen molar-refractivity contribution in [2.75, 3.05) is 11.5 Å². The second-order valence-corrected chi connectivity index (χ2v) is 6.84. The van der Waals surface area contributed by atoms with Crippen molar-refractivity contribution in [3.05, 3.63) is 88.3 Å². The van der Waals surface area contributed by atoms with Crippen molar-refractivity contribution in [3.63, 3.8) is 0 Å². The zero-order valence-electron chi connectivity index (χ0n) is 15.7. The number of carbonyl (C=O) groups is 1. The van der Waals surface area contributed by atoms with Gasteiger partial charge < -0.3 is 4.74 Å². The summed E-state index contributed by atoms with van der Waals surface area (Å²) in [5.74, 6) is 0.408. The maximum Gasteiger partial charge on any atom is 0.266 e. The Morgan fingerprint density at radius 1 is 1.11 bits per heavy atom. The van der Waals surface area contributed by atoms with Crippen LogP contribution >= 0.6 is 11.6 Å². The summed E-state index contributed by atoms with van der Waals surface area (Å²) in [6, 6.07) is 15.0. The number of rotatable bonds is 6. The molecule has 28 heavy (non-hydrogen) atoms. The number of anilines is 1. The van der Waals surface area contributed by atoms with Crippen molar-refractivity contribution in [2.24, 2.45) is 0 Å². The Morgan fingerprint density at radius 3 is 2.50 bits per heavy atom. The molecule has 0 aliphatic rings. The van der Waals surface area contributed by atoms with E-state index in [2.05, 4.69) is 4.98 Å². The van der Waals surface area contributed by atoms with E-state index in [1.165, 1.54) is 17.0 Å². The van der Waals surface area contributed by atoms with Gasteiger partial charge >= 0.3 is 0 Å². The molecule has 0 fully saturated rings. The lowest BCUT2D eigenvalue weighted by Crippen LogP contribution is -2.35. The minimum Gasteiger partial charge on any atom is -0.484 e. The molecule has 144 valence electrons. The Balaban J connectivity index is 1.79. The van der Waals surface area contributed by atoms with Crippen LogP contribution in [0.15, 0.2) is 60.8 Å². The molecule has 1 heterocycles. The first-order valence-electron chi connectivity index (χ1n) is 8.79. The van der Waals surface area contributed by atoms with Crippen LogP contribution in [0.25, 0.3) is 0 Å². The lowest BCUT2D eigenvalue weighted by atomic mass is 10.1. The van der Waals surface area contributed by atoms with Crippen LogP contribution in [0.4, 0.5) is 10.2 Å². The summed E-state index contributed by atoms with van der Waals surface area (Å²) in [4.78, 5) is 18.6. The van der Waals surface area contributed by atoms with Crippen LogP contribution in [0.3, 0.4) is 0 Å². The maximum atomic E-state index is 13.5. The summed E-state index contributed by atoms with van der Waals surface area (Å²) < 4.78 is 19.2. The van der Waals surface area contributed by atoms with E-state index >= 15 is 0 Å². The number of amides is 1. The highest BCUT2D eigenvalue weighted by Gasteiger charge is 2.18. The third kappa shape index (κ3) is 4.87. The van der Waals surface area contributed by atoms with Gasteiger partial charge in [0, 0.05) is 11.2 Å². The quantitative estimate of drug-likeness (QED) is 0.580. The van der Waals surface area contributed by atoms with E-state index in [0.29, 0.717) is 22.2 Å². The number of nitrogens with zero attached hydrogens (tertiary/aromatic N) is 2. The van der Waals surface area contributed by atoms with Gasteiger partial charge in [-0.25, -0.2) is 9.37 Å². The van der Waals surface area contributed by atoms with E-state index in [1.54, 1.807) is 48.7 Å². The Morgan fingerprint density at radius 2 is 1.86 bits per heavy atom. The van der Waals surface area contributed by atoms with Gasteiger partial charge in [-0.2, -0.15) is 0 Å². The average Bonchev–Trinajstić information content (AvgIpc) is 2.69. The van der Waals surface area contributed by atoms with Crippen molar-refractivity contribution < 1.29 is 13.9 Å². The van der Waals surface area contributed by atoms with Gasteiger partial charge in [-0.05, 0) is 66.9 Å². The molecule has 0 bridgehead atoms. The standard InChI is InChI=1S/C22H20ClFN2O2/c1-15-10-19(11-16(2)22(15)23)28-14-21(27)26(20-8-3-4-9-25-20)13-17-6-5-7-18(24)12-17/h3-12H,13-14H2,1-2H3. The highest BCUT2D eigenvalue weighted by atomic mass is 35.5. The smallest absolute Gasteiger partial charge is 0.266 e. The number of carbonyl (C=O) groups excluding carboxylic acids is 1. The summed E-state index contributed by atoms with van der Waals surface area (Å²) in [5.41, 5.74) is 2.42. The molecule has 0 aliphatic carbocycles. The molecule has 0 unspecified atom stereocenters. The van der Waals surface area contributed by atoms with E-state index in [4.69, 9.17) is 16.3 Å². The predicted molar refractivity (Wildman–Crippen MR) is 108 cm³/mol. The van der Waals surface area contributed by atoms with Crippen molar-refractivity contribution >= 4 is 23.3 Å². The molecular weight excluding hydrogens is 379 g/mol. The molecule has 6 heteroatoms. The summed E-state index contributed by atoms with van der Waals surface area (Å²) >= 11 is 6.18. The van der Waals surface area contributed by atoms with Crippen molar-refractivity contribution in [1.29, 1.82) is 0 Å². The molecule has 0 atom stereocenters. The van der Waals surface area contributed by atoms with Crippen molar-refractivity contribution in [1.82, 2.24) is 4.98 Å². The number of hydrogen-bond donors (Lipinski definition) is 0. The van der Waals surface area contributed by atoms with Gasteiger partial charge in [0.1, 0.15) is 17.4 Å². The van der Waals surface area contributed by atoms with Gasteiger partial charge in [0.25, 0.3) is 5.91 Å². The van der Waals surface area contributed by atoms with Crippen molar-refractivity contribution in [2.45, 2.75) is 20.4 Å². The first-order chi connectivity index (χ1) is 13.4. The number of halogens is 2.